The van der Waals surface area contributed by atoms with E-state index in [-0.39, 0.29) is 36.5 Å². The van der Waals surface area contributed by atoms with Crippen LogP contribution < -0.4 is 5.32 Å². The number of hydrogen-bond donors (Lipinski definition) is 1. The number of hydrogen-bond acceptors (Lipinski definition) is 2. The number of carbonyl (C=O) groups is 2. The van der Waals surface area contributed by atoms with Gasteiger partial charge in [-0.15, -0.1) is 0 Å². The van der Waals surface area contributed by atoms with Gasteiger partial charge in [-0.1, -0.05) is 93.1 Å². The molecule has 184 valence electrons. The van der Waals surface area contributed by atoms with Gasteiger partial charge in [0.05, 0.1) is 0 Å². The molecule has 0 aromatic heterocycles. The number of halogens is 1. The molecule has 1 atom stereocenters. The summed E-state index contributed by atoms with van der Waals surface area (Å²) in [6.07, 6.45) is 2.59. The predicted molar refractivity (Wildman–Crippen MR) is 138 cm³/mol. The lowest BCUT2D eigenvalue weighted by Crippen LogP contribution is -2.49. The summed E-state index contributed by atoms with van der Waals surface area (Å²) in [4.78, 5) is 28.6. The van der Waals surface area contributed by atoms with Crippen LogP contribution in [0.5, 0.6) is 0 Å². The van der Waals surface area contributed by atoms with Gasteiger partial charge in [-0.2, -0.15) is 0 Å². The summed E-state index contributed by atoms with van der Waals surface area (Å²) in [7, 11) is 0. The number of rotatable bonds is 12. The van der Waals surface area contributed by atoms with Gasteiger partial charge in [-0.25, -0.2) is 4.39 Å². The molecule has 0 heterocycles. The maximum absolute atomic E-state index is 13.9. The number of benzene rings is 3. The van der Waals surface area contributed by atoms with E-state index in [1.165, 1.54) is 12.1 Å². The van der Waals surface area contributed by atoms with Crippen LogP contribution in [0.2, 0.25) is 0 Å². The highest BCUT2D eigenvalue weighted by Crippen LogP contribution is 2.29. The highest BCUT2D eigenvalue weighted by Gasteiger charge is 2.30. The van der Waals surface area contributed by atoms with Crippen molar-refractivity contribution in [1.29, 1.82) is 0 Å². The molecule has 0 fully saturated rings. The lowest BCUT2D eigenvalue weighted by Gasteiger charge is -2.32. The number of unbranched alkanes of at least 4 members (excludes halogenated alkanes) is 1. The van der Waals surface area contributed by atoms with Gasteiger partial charge >= 0.3 is 0 Å². The molecule has 0 aliphatic heterocycles. The zero-order valence-electron chi connectivity index (χ0n) is 20.6. The van der Waals surface area contributed by atoms with E-state index in [0.29, 0.717) is 13.0 Å². The van der Waals surface area contributed by atoms with Crippen LogP contribution in [0.1, 0.15) is 62.1 Å². The fraction of sp³-hybridized carbons (Fsp3) is 0.333. The zero-order chi connectivity index (χ0) is 25.0. The Hall–Kier alpha value is -3.47. The van der Waals surface area contributed by atoms with Crippen molar-refractivity contribution in [2.45, 2.75) is 58.0 Å². The summed E-state index contributed by atoms with van der Waals surface area (Å²) in [6.45, 7) is 4.82. The van der Waals surface area contributed by atoms with Gasteiger partial charge in [-0.05, 0) is 41.7 Å². The van der Waals surface area contributed by atoms with E-state index < -0.39 is 6.04 Å². The molecular weight excluding hydrogens is 439 g/mol. The molecule has 3 aromatic carbocycles. The third-order valence-electron chi connectivity index (χ3n) is 6.26. The molecule has 3 aromatic rings. The van der Waals surface area contributed by atoms with E-state index in [9.17, 15) is 14.0 Å². The molecule has 0 aliphatic rings. The van der Waals surface area contributed by atoms with Gasteiger partial charge in [-0.3, -0.25) is 9.59 Å². The van der Waals surface area contributed by atoms with Crippen LogP contribution in [0, 0.1) is 5.82 Å². The Morgan fingerprint density at radius 1 is 0.857 bits per heavy atom. The molecule has 0 saturated carbocycles. The molecule has 0 aliphatic carbocycles. The number of nitrogens with zero attached hydrogens (tertiary/aromatic N) is 1. The number of nitrogens with one attached hydrogen (secondary N) is 1. The molecule has 4 nitrogen and oxygen atoms in total. The van der Waals surface area contributed by atoms with Crippen LogP contribution in [-0.4, -0.2) is 29.3 Å². The monoisotopic (exact) mass is 474 g/mol. The molecule has 0 unspecified atom stereocenters. The van der Waals surface area contributed by atoms with Crippen LogP contribution in [-0.2, 0) is 16.1 Å². The van der Waals surface area contributed by atoms with Crippen LogP contribution in [0.4, 0.5) is 4.39 Å². The summed E-state index contributed by atoms with van der Waals surface area (Å²) in [5.74, 6) is -0.720. The van der Waals surface area contributed by atoms with Gasteiger partial charge < -0.3 is 10.2 Å². The number of amides is 2. The first-order valence-electron chi connectivity index (χ1n) is 12.4. The van der Waals surface area contributed by atoms with Crippen molar-refractivity contribution in [2.75, 3.05) is 6.54 Å². The number of carbonyl (C=O) groups excluding carboxylic acids is 2. The van der Waals surface area contributed by atoms with Gasteiger partial charge in [0.25, 0.3) is 0 Å². The fourth-order valence-electron chi connectivity index (χ4n) is 4.30. The smallest absolute Gasteiger partial charge is 0.242 e. The first-order valence-corrected chi connectivity index (χ1v) is 12.4. The summed E-state index contributed by atoms with van der Waals surface area (Å²) in [6, 6.07) is 25.5. The van der Waals surface area contributed by atoms with E-state index in [1.807, 2.05) is 67.6 Å². The summed E-state index contributed by atoms with van der Waals surface area (Å²) in [5.41, 5.74) is 2.89. The van der Waals surface area contributed by atoms with Gasteiger partial charge in [0.1, 0.15) is 11.9 Å². The highest BCUT2D eigenvalue weighted by atomic mass is 19.1. The summed E-state index contributed by atoms with van der Waals surface area (Å²) < 4.78 is 13.5. The normalized spacial score (nSPS) is 11.8. The predicted octanol–water partition coefficient (Wildman–Crippen LogP) is 6.07. The second-order valence-electron chi connectivity index (χ2n) is 8.79. The van der Waals surface area contributed by atoms with Crippen molar-refractivity contribution in [3.05, 3.63) is 107 Å². The lowest BCUT2D eigenvalue weighted by atomic mass is 9.88. The minimum absolute atomic E-state index is 0.107. The van der Waals surface area contributed by atoms with Crippen LogP contribution in [0.25, 0.3) is 0 Å². The van der Waals surface area contributed by atoms with E-state index in [0.717, 1.165) is 29.5 Å². The first kappa shape index (κ1) is 26.1. The van der Waals surface area contributed by atoms with Crippen molar-refractivity contribution in [1.82, 2.24) is 10.2 Å². The van der Waals surface area contributed by atoms with Crippen molar-refractivity contribution in [2.24, 2.45) is 0 Å². The molecule has 35 heavy (non-hydrogen) atoms. The molecule has 5 heteroatoms. The average molecular weight is 475 g/mol. The largest absolute Gasteiger partial charge is 0.354 e. The topological polar surface area (TPSA) is 49.4 Å². The van der Waals surface area contributed by atoms with E-state index >= 15 is 0 Å². The van der Waals surface area contributed by atoms with Crippen molar-refractivity contribution >= 4 is 11.8 Å². The molecule has 0 bridgehead atoms. The Morgan fingerprint density at radius 3 is 1.94 bits per heavy atom. The van der Waals surface area contributed by atoms with E-state index in [1.54, 1.807) is 17.0 Å². The minimum atomic E-state index is -0.600. The first-order chi connectivity index (χ1) is 17.0. The van der Waals surface area contributed by atoms with Crippen molar-refractivity contribution in [3.8, 4) is 0 Å². The Balaban J connectivity index is 1.91. The lowest BCUT2D eigenvalue weighted by molar-refractivity contribution is -0.141. The van der Waals surface area contributed by atoms with Crippen LogP contribution in [0.3, 0.4) is 0 Å². The Bertz CT molecular complexity index is 1020. The Kier molecular flexibility index (Phi) is 10.0. The van der Waals surface area contributed by atoms with Crippen molar-refractivity contribution < 1.29 is 14.0 Å². The molecule has 2 amide bonds. The molecule has 3 rings (SSSR count). The Morgan fingerprint density at radius 2 is 1.43 bits per heavy atom. The summed E-state index contributed by atoms with van der Waals surface area (Å²) in [5, 5.41) is 2.99. The molecule has 0 spiro atoms. The third-order valence-corrected chi connectivity index (χ3v) is 6.26. The molecule has 0 saturated heterocycles. The highest BCUT2D eigenvalue weighted by molar-refractivity contribution is 5.88. The van der Waals surface area contributed by atoms with Gasteiger partial charge in [0.15, 0.2) is 0 Å². The maximum Gasteiger partial charge on any atom is 0.242 e. The minimum Gasteiger partial charge on any atom is -0.354 e. The summed E-state index contributed by atoms with van der Waals surface area (Å²) >= 11 is 0. The third kappa shape index (κ3) is 7.51. The van der Waals surface area contributed by atoms with E-state index in [4.69, 9.17) is 0 Å². The second-order valence-corrected chi connectivity index (χ2v) is 8.79. The molecule has 1 N–H and O–H groups in total. The quantitative estimate of drug-likeness (QED) is 0.324. The zero-order valence-corrected chi connectivity index (χ0v) is 20.6. The van der Waals surface area contributed by atoms with E-state index in [2.05, 4.69) is 12.2 Å². The van der Waals surface area contributed by atoms with Gasteiger partial charge in [0, 0.05) is 25.4 Å². The van der Waals surface area contributed by atoms with Crippen LogP contribution in [0.15, 0.2) is 84.9 Å². The maximum atomic E-state index is 13.9. The van der Waals surface area contributed by atoms with Crippen LogP contribution >= 0.6 is 0 Å². The average Bonchev–Trinajstić information content (AvgIpc) is 2.89. The van der Waals surface area contributed by atoms with Gasteiger partial charge in [0.2, 0.25) is 11.8 Å². The van der Waals surface area contributed by atoms with Crippen molar-refractivity contribution in [3.63, 3.8) is 0 Å². The molecule has 0 radical (unpaired) electrons. The standard InChI is InChI=1S/C30H35FN2O2/c1-3-5-20-32-30(35)28(4-2)33(22-23-16-18-26(31)19-17-23)29(34)21-27(24-12-8-6-9-13-24)25-14-10-7-11-15-25/h6-19,27-28H,3-5,20-22H2,1-2H3,(H,32,35)/t28-/m1/s1. The molecular formula is C30H35FN2O2. The SMILES string of the molecule is CCCCNC(=O)[C@@H](CC)N(Cc1ccc(F)cc1)C(=O)CC(c1ccccc1)c1ccccc1. The second kappa shape index (κ2) is 13.4. The fourth-order valence-corrected chi connectivity index (χ4v) is 4.30. The Labute approximate surface area is 208 Å².